The molecule has 2 heterocycles. The number of fused-ring (bicyclic) bond motifs is 1. The summed E-state index contributed by atoms with van der Waals surface area (Å²) < 4.78 is 0. The second-order valence-electron chi connectivity index (χ2n) is 4.68. The van der Waals surface area contributed by atoms with Crippen molar-refractivity contribution in [3.8, 4) is 0 Å². The number of aromatic nitrogens is 1. The molecule has 1 aliphatic heterocycles. The quantitative estimate of drug-likeness (QED) is 0.869. The van der Waals surface area contributed by atoms with Crippen molar-refractivity contribution < 1.29 is 0 Å². The first-order valence-electron chi connectivity index (χ1n) is 6.20. The highest BCUT2D eigenvalue weighted by atomic mass is 35.5. The van der Waals surface area contributed by atoms with E-state index in [4.69, 9.17) is 11.6 Å². The van der Waals surface area contributed by atoms with E-state index >= 15 is 0 Å². The Morgan fingerprint density at radius 1 is 1.39 bits per heavy atom. The van der Waals surface area contributed by atoms with Crippen LogP contribution in [0.2, 0.25) is 5.02 Å². The third kappa shape index (κ3) is 2.63. The molecule has 1 N–H and O–H groups in total. The van der Waals surface area contributed by atoms with E-state index in [1.165, 1.54) is 16.7 Å². The van der Waals surface area contributed by atoms with E-state index in [9.17, 15) is 0 Å². The second-order valence-corrected chi connectivity index (χ2v) is 6.14. The molecule has 0 amide bonds. The van der Waals surface area contributed by atoms with Gasteiger partial charge in [0, 0.05) is 28.4 Å². The Bertz CT molecular complexity index is 552. The minimum Gasteiger partial charge on any atom is -0.316 e. The summed E-state index contributed by atoms with van der Waals surface area (Å²) in [5.41, 5.74) is 0. The van der Waals surface area contributed by atoms with E-state index in [1.807, 2.05) is 36.3 Å². The van der Waals surface area contributed by atoms with Crippen molar-refractivity contribution in [3.05, 3.63) is 35.6 Å². The molecule has 18 heavy (non-hydrogen) atoms. The van der Waals surface area contributed by atoms with Gasteiger partial charge in [0.1, 0.15) is 0 Å². The lowest BCUT2D eigenvalue weighted by Crippen LogP contribution is -2.10. The molecule has 1 aromatic carbocycles. The van der Waals surface area contributed by atoms with Crippen molar-refractivity contribution in [2.45, 2.75) is 11.3 Å². The van der Waals surface area contributed by atoms with Gasteiger partial charge in [0.2, 0.25) is 0 Å². The van der Waals surface area contributed by atoms with Crippen LogP contribution in [-0.2, 0) is 0 Å². The molecule has 2 nitrogen and oxygen atoms in total. The van der Waals surface area contributed by atoms with Crippen molar-refractivity contribution in [2.24, 2.45) is 5.92 Å². The fraction of sp³-hybridized carbons (Fsp3) is 0.357. The predicted molar refractivity (Wildman–Crippen MR) is 78.5 cm³/mol. The number of pyridine rings is 1. The Hall–Kier alpha value is -0.770. The molecule has 4 heteroatoms. The van der Waals surface area contributed by atoms with Crippen LogP contribution in [0, 0.1) is 5.92 Å². The SMILES string of the molecule is Clc1cc2cnccc2cc1SCC1CCNC1. The van der Waals surface area contributed by atoms with Gasteiger partial charge in [-0.2, -0.15) is 0 Å². The summed E-state index contributed by atoms with van der Waals surface area (Å²) in [6.07, 6.45) is 4.96. The molecule has 1 atom stereocenters. The van der Waals surface area contributed by atoms with Crippen LogP contribution in [0.4, 0.5) is 0 Å². The van der Waals surface area contributed by atoms with Gasteiger partial charge in [-0.05, 0) is 49.0 Å². The Labute approximate surface area is 116 Å². The normalized spacial score (nSPS) is 19.5. The molecule has 94 valence electrons. The lowest BCUT2D eigenvalue weighted by Gasteiger charge is -2.10. The van der Waals surface area contributed by atoms with Gasteiger partial charge < -0.3 is 5.32 Å². The maximum absolute atomic E-state index is 6.32. The average molecular weight is 279 g/mol. The molecule has 1 saturated heterocycles. The summed E-state index contributed by atoms with van der Waals surface area (Å²) in [6.45, 7) is 2.30. The molecule has 3 rings (SSSR count). The molecule has 1 aliphatic rings. The summed E-state index contributed by atoms with van der Waals surface area (Å²) in [5, 5.41) is 6.55. The highest BCUT2D eigenvalue weighted by Gasteiger charge is 2.15. The summed E-state index contributed by atoms with van der Waals surface area (Å²) in [6, 6.07) is 6.22. The predicted octanol–water partition coefficient (Wildman–Crippen LogP) is 3.59. The van der Waals surface area contributed by atoms with Crippen LogP contribution in [0.3, 0.4) is 0 Å². The van der Waals surface area contributed by atoms with Crippen molar-refractivity contribution in [3.63, 3.8) is 0 Å². The first kappa shape index (κ1) is 12.3. The Kier molecular flexibility index (Phi) is 3.73. The van der Waals surface area contributed by atoms with E-state index < -0.39 is 0 Å². The largest absolute Gasteiger partial charge is 0.316 e. The molecule has 0 bridgehead atoms. The highest BCUT2D eigenvalue weighted by Crippen LogP contribution is 2.33. The minimum atomic E-state index is 0.777. The Morgan fingerprint density at radius 2 is 2.33 bits per heavy atom. The monoisotopic (exact) mass is 278 g/mol. The number of nitrogens with one attached hydrogen (secondary N) is 1. The number of thioether (sulfide) groups is 1. The first-order chi connectivity index (χ1) is 8.83. The van der Waals surface area contributed by atoms with Gasteiger partial charge >= 0.3 is 0 Å². The smallest absolute Gasteiger partial charge is 0.0548 e. The molecule has 1 aromatic heterocycles. The van der Waals surface area contributed by atoms with Gasteiger partial charge in [0.05, 0.1) is 5.02 Å². The van der Waals surface area contributed by atoms with Crippen LogP contribution in [0.1, 0.15) is 6.42 Å². The van der Waals surface area contributed by atoms with Crippen molar-refractivity contribution >= 4 is 34.1 Å². The first-order valence-corrected chi connectivity index (χ1v) is 7.56. The molecule has 0 radical (unpaired) electrons. The number of halogens is 1. The second kappa shape index (κ2) is 5.47. The molecular formula is C14H15ClN2S. The van der Waals surface area contributed by atoms with Crippen LogP contribution in [-0.4, -0.2) is 23.8 Å². The van der Waals surface area contributed by atoms with Crippen LogP contribution < -0.4 is 5.32 Å². The zero-order chi connectivity index (χ0) is 12.4. The van der Waals surface area contributed by atoms with Gasteiger partial charge in [-0.25, -0.2) is 0 Å². The molecule has 0 aliphatic carbocycles. The number of hydrogen-bond donors (Lipinski definition) is 1. The average Bonchev–Trinajstić information content (AvgIpc) is 2.89. The lowest BCUT2D eigenvalue weighted by molar-refractivity contribution is 0.663. The zero-order valence-corrected chi connectivity index (χ0v) is 11.6. The Balaban J connectivity index is 1.80. The number of rotatable bonds is 3. The molecule has 1 unspecified atom stereocenters. The zero-order valence-electron chi connectivity index (χ0n) is 10.0. The summed E-state index contributed by atoms with van der Waals surface area (Å²) >= 11 is 8.19. The van der Waals surface area contributed by atoms with Crippen molar-refractivity contribution in [1.29, 1.82) is 0 Å². The van der Waals surface area contributed by atoms with Gasteiger partial charge in [-0.3, -0.25) is 4.98 Å². The lowest BCUT2D eigenvalue weighted by atomic mass is 10.2. The maximum atomic E-state index is 6.32. The van der Waals surface area contributed by atoms with E-state index in [0.717, 1.165) is 35.2 Å². The van der Waals surface area contributed by atoms with Gasteiger partial charge in [0.15, 0.2) is 0 Å². The van der Waals surface area contributed by atoms with Crippen molar-refractivity contribution in [1.82, 2.24) is 10.3 Å². The fourth-order valence-corrected chi connectivity index (χ4v) is 3.70. The van der Waals surface area contributed by atoms with E-state index in [0.29, 0.717) is 0 Å². The third-order valence-electron chi connectivity index (χ3n) is 3.33. The van der Waals surface area contributed by atoms with Gasteiger partial charge in [-0.1, -0.05) is 11.6 Å². The maximum Gasteiger partial charge on any atom is 0.0548 e. The van der Waals surface area contributed by atoms with Crippen LogP contribution >= 0.6 is 23.4 Å². The standard InChI is InChI=1S/C14H15ClN2S/c15-13-5-12-8-17-4-2-11(12)6-14(13)18-9-10-1-3-16-7-10/h2,4-6,8,10,16H,1,3,7,9H2. The summed E-state index contributed by atoms with van der Waals surface area (Å²) in [4.78, 5) is 5.30. The topological polar surface area (TPSA) is 24.9 Å². The van der Waals surface area contributed by atoms with E-state index in [2.05, 4.69) is 16.4 Å². The van der Waals surface area contributed by atoms with Crippen LogP contribution in [0.25, 0.3) is 10.8 Å². The Morgan fingerprint density at radius 3 is 3.17 bits per heavy atom. The number of nitrogens with zero attached hydrogens (tertiary/aromatic N) is 1. The molecule has 0 spiro atoms. The number of benzene rings is 1. The summed E-state index contributed by atoms with van der Waals surface area (Å²) in [5.74, 6) is 1.92. The highest BCUT2D eigenvalue weighted by molar-refractivity contribution is 7.99. The van der Waals surface area contributed by atoms with Crippen molar-refractivity contribution in [2.75, 3.05) is 18.8 Å². The van der Waals surface area contributed by atoms with Crippen LogP contribution in [0.5, 0.6) is 0 Å². The van der Waals surface area contributed by atoms with E-state index in [1.54, 1.807) is 0 Å². The van der Waals surface area contributed by atoms with E-state index in [-0.39, 0.29) is 0 Å². The van der Waals surface area contributed by atoms with Crippen LogP contribution in [0.15, 0.2) is 35.5 Å². The fourth-order valence-electron chi connectivity index (χ4n) is 2.26. The third-order valence-corrected chi connectivity index (χ3v) is 5.04. The summed E-state index contributed by atoms with van der Waals surface area (Å²) in [7, 11) is 0. The molecule has 2 aromatic rings. The molecular weight excluding hydrogens is 264 g/mol. The minimum absolute atomic E-state index is 0.777. The molecule has 1 fully saturated rings. The van der Waals surface area contributed by atoms with Gasteiger partial charge in [0.25, 0.3) is 0 Å². The van der Waals surface area contributed by atoms with Gasteiger partial charge in [-0.15, -0.1) is 11.8 Å². The molecule has 0 saturated carbocycles. The number of hydrogen-bond acceptors (Lipinski definition) is 3.